The zero-order valence-corrected chi connectivity index (χ0v) is 11.9. The van der Waals surface area contributed by atoms with Crippen molar-refractivity contribution >= 4 is 0 Å². The van der Waals surface area contributed by atoms with Gasteiger partial charge in [-0.25, -0.2) is 0 Å². The highest BCUT2D eigenvalue weighted by molar-refractivity contribution is 5.29. The minimum atomic E-state index is -4.32. The number of hydrogen-bond acceptors (Lipinski definition) is 2. The van der Waals surface area contributed by atoms with E-state index in [9.17, 15) is 13.2 Å². The molecule has 0 fully saturated rings. The van der Waals surface area contributed by atoms with Gasteiger partial charge in [0.1, 0.15) is 12.4 Å². The molecule has 0 amide bonds. The topological polar surface area (TPSA) is 29.5 Å². The van der Waals surface area contributed by atoms with E-state index in [-0.39, 0.29) is 13.2 Å². The summed E-state index contributed by atoms with van der Waals surface area (Å²) in [6, 6.07) is 12.4. The van der Waals surface area contributed by atoms with Gasteiger partial charge in [-0.3, -0.25) is 0 Å². The molecule has 5 heteroatoms. The minimum absolute atomic E-state index is 0.136. The Morgan fingerprint density at radius 2 is 1.68 bits per heavy atom. The maximum atomic E-state index is 12.5. The number of halogens is 3. The number of benzene rings is 2. The molecular weight excluding hydrogens is 293 g/mol. The van der Waals surface area contributed by atoms with E-state index in [0.29, 0.717) is 17.7 Å². The van der Waals surface area contributed by atoms with Crippen molar-refractivity contribution in [3.63, 3.8) is 0 Å². The highest BCUT2D eigenvalue weighted by Gasteiger charge is 2.29. The number of hydrogen-bond donors (Lipinski definition) is 1. The van der Waals surface area contributed by atoms with Gasteiger partial charge in [-0.05, 0) is 48.2 Å². The summed E-state index contributed by atoms with van der Waals surface area (Å²) in [5, 5.41) is 8.82. The number of aryl methyl sites for hydroxylation is 1. The lowest BCUT2D eigenvalue weighted by Crippen LogP contribution is -2.05. The lowest BCUT2D eigenvalue weighted by Gasteiger charge is -2.10. The molecule has 118 valence electrons. The van der Waals surface area contributed by atoms with Crippen LogP contribution in [-0.4, -0.2) is 11.7 Å². The molecule has 0 spiro atoms. The molecule has 0 aliphatic rings. The summed E-state index contributed by atoms with van der Waals surface area (Å²) < 4.78 is 43.0. The van der Waals surface area contributed by atoms with E-state index in [1.807, 2.05) is 18.2 Å². The Kier molecular flexibility index (Phi) is 5.44. The number of ether oxygens (including phenoxy) is 1. The van der Waals surface area contributed by atoms with Gasteiger partial charge in [-0.15, -0.1) is 0 Å². The Hall–Kier alpha value is -2.01. The lowest BCUT2D eigenvalue weighted by molar-refractivity contribution is -0.137. The quantitative estimate of drug-likeness (QED) is 0.866. The Bertz CT molecular complexity index is 592. The van der Waals surface area contributed by atoms with E-state index in [1.165, 1.54) is 12.1 Å². The molecule has 22 heavy (non-hydrogen) atoms. The minimum Gasteiger partial charge on any atom is -0.489 e. The first kappa shape index (κ1) is 16.4. The molecule has 0 atom stereocenters. The summed E-state index contributed by atoms with van der Waals surface area (Å²) in [6.45, 7) is 0.345. The number of aliphatic hydroxyl groups is 1. The predicted molar refractivity (Wildman–Crippen MR) is 77.6 cm³/mol. The van der Waals surface area contributed by atoms with Crippen LogP contribution in [0.5, 0.6) is 5.75 Å². The molecule has 0 radical (unpaired) electrons. The fourth-order valence-corrected chi connectivity index (χ4v) is 2.03. The van der Waals surface area contributed by atoms with E-state index in [1.54, 1.807) is 6.07 Å². The molecular formula is C17H17F3O2. The normalized spacial score (nSPS) is 11.5. The van der Waals surface area contributed by atoms with E-state index < -0.39 is 11.7 Å². The lowest BCUT2D eigenvalue weighted by atomic mass is 10.1. The van der Waals surface area contributed by atoms with Gasteiger partial charge in [0.2, 0.25) is 0 Å². The van der Waals surface area contributed by atoms with Crippen LogP contribution in [0.2, 0.25) is 0 Å². The van der Waals surface area contributed by atoms with Crippen LogP contribution >= 0.6 is 0 Å². The van der Waals surface area contributed by atoms with Crippen molar-refractivity contribution in [1.29, 1.82) is 0 Å². The van der Waals surface area contributed by atoms with Crippen molar-refractivity contribution in [3.8, 4) is 5.75 Å². The summed E-state index contributed by atoms with van der Waals surface area (Å²) in [7, 11) is 0. The summed E-state index contributed by atoms with van der Waals surface area (Å²) in [6.07, 6.45) is -2.88. The molecule has 0 saturated heterocycles. The van der Waals surface area contributed by atoms with Crippen molar-refractivity contribution in [3.05, 3.63) is 65.2 Å². The summed E-state index contributed by atoms with van der Waals surface area (Å²) >= 11 is 0. The molecule has 2 aromatic rings. The smallest absolute Gasteiger partial charge is 0.416 e. The van der Waals surface area contributed by atoms with Crippen LogP contribution in [0, 0.1) is 0 Å². The third-order valence-electron chi connectivity index (χ3n) is 3.21. The molecule has 2 nitrogen and oxygen atoms in total. The van der Waals surface area contributed by atoms with Gasteiger partial charge in [0.25, 0.3) is 0 Å². The Morgan fingerprint density at radius 1 is 0.955 bits per heavy atom. The van der Waals surface area contributed by atoms with E-state index in [0.717, 1.165) is 24.1 Å². The van der Waals surface area contributed by atoms with E-state index in [4.69, 9.17) is 9.84 Å². The zero-order valence-electron chi connectivity index (χ0n) is 11.9. The first-order valence-corrected chi connectivity index (χ1v) is 6.98. The fraction of sp³-hybridized carbons (Fsp3) is 0.294. The molecule has 0 aromatic heterocycles. The van der Waals surface area contributed by atoms with Gasteiger partial charge in [0.05, 0.1) is 5.56 Å². The van der Waals surface area contributed by atoms with Crippen LogP contribution in [0.3, 0.4) is 0 Å². The second kappa shape index (κ2) is 7.31. The van der Waals surface area contributed by atoms with Gasteiger partial charge in [-0.1, -0.05) is 24.3 Å². The summed E-state index contributed by atoms with van der Waals surface area (Å²) in [4.78, 5) is 0. The standard InChI is InChI=1S/C17H17F3O2/c18-17(19,20)15-8-6-14(7-9-15)12-22-16-5-1-3-13(11-16)4-2-10-21/h1,3,5-9,11,21H,2,4,10,12H2. The molecule has 0 aliphatic carbocycles. The monoisotopic (exact) mass is 310 g/mol. The molecule has 0 saturated carbocycles. The highest BCUT2D eigenvalue weighted by atomic mass is 19.4. The van der Waals surface area contributed by atoms with Gasteiger partial charge >= 0.3 is 6.18 Å². The van der Waals surface area contributed by atoms with Crippen molar-refractivity contribution in [2.24, 2.45) is 0 Å². The molecule has 2 aromatic carbocycles. The second-order valence-corrected chi connectivity index (χ2v) is 4.96. The molecule has 2 rings (SSSR count). The maximum absolute atomic E-state index is 12.5. The average molecular weight is 310 g/mol. The molecule has 0 unspecified atom stereocenters. The van der Waals surface area contributed by atoms with Gasteiger partial charge < -0.3 is 9.84 Å². The van der Waals surface area contributed by atoms with Crippen molar-refractivity contribution < 1.29 is 23.0 Å². The number of alkyl halides is 3. The number of aliphatic hydroxyl groups excluding tert-OH is 1. The Balaban J connectivity index is 1.95. The Morgan fingerprint density at radius 3 is 2.32 bits per heavy atom. The SMILES string of the molecule is OCCCc1cccc(OCc2ccc(C(F)(F)F)cc2)c1. The largest absolute Gasteiger partial charge is 0.489 e. The zero-order chi connectivity index (χ0) is 16.0. The molecule has 1 N–H and O–H groups in total. The molecule has 0 heterocycles. The summed E-state index contributed by atoms with van der Waals surface area (Å²) in [5.74, 6) is 0.662. The second-order valence-electron chi connectivity index (χ2n) is 4.96. The first-order chi connectivity index (χ1) is 10.5. The number of rotatable bonds is 6. The van der Waals surface area contributed by atoms with Crippen molar-refractivity contribution in [1.82, 2.24) is 0 Å². The van der Waals surface area contributed by atoms with Gasteiger partial charge in [0.15, 0.2) is 0 Å². The van der Waals surface area contributed by atoms with E-state index >= 15 is 0 Å². The van der Waals surface area contributed by atoms with Crippen LogP contribution in [-0.2, 0) is 19.2 Å². The van der Waals surface area contributed by atoms with Crippen LogP contribution in [0.1, 0.15) is 23.1 Å². The van der Waals surface area contributed by atoms with Crippen molar-refractivity contribution in [2.45, 2.75) is 25.6 Å². The van der Waals surface area contributed by atoms with Crippen LogP contribution in [0.15, 0.2) is 48.5 Å². The van der Waals surface area contributed by atoms with Gasteiger partial charge in [-0.2, -0.15) is 13.2 Å². The van der Waals surface area contributed by atoms with Crippen LogP contribution in [0.4, 0.5) is 13.2 Å². The van der Waals surface area contributed by atoms with E-state index in [2.05, 4.69) is 0 Å². The predicted octanol–water partition coefficient (Wildman–Crippen LogP) is 4.21. The van der Waals surface area contributed by atoms with Crippen molar-refractivity contribution in [2.75, 3.05) is 6.61 Å². The van der Waals surface area contributed by atoms with Crippen LogP contribution < -0.4 is 4.74 Å². The Labute approximate surface area is 127 Å². The molecule has 0 bridgehead atoms. The maximum Gasteiger partial charge on any atom is 0.416 e. The average Bonchev–Trinajstić information content (AvgIpc) is 2.51. The highest BCUT2D eigenvalue weighted by Crippen LogP contribution is 2.29. The fourth-order valence-electron chi connectivity index (χ4n) is 2.03. The molecule has 0 aliphatic heterocycles. The third kappa shape index (κ3) is 4.77. The third-order valence-corrected chi connectivity index (χ3v) is 3.21. The van der Waals surface area contributed by atoms with Gasteiger partial charge in [0, 0.05) is 6.61 Å². The summed E-state index contributed by atoms with van der Waals surface area (Å²) in [5.41, 5.74) is 1.06. The van der Waals surface area contributed by atoms with Crippen LogP contribution in [0.25, 0.3) is 0 Å². The first-order valence-electron chi connectivity index (χ1n) is 6.98.